The standard InChI is InChI=1S/C35H54N4O8S/c1-25-22-39(26(2)24-40)35(42)31-21-28(36-48(43,44)30-16-14-29(45-7)15-17-30)13-18-32(31)47-27(3)11-8-9-20-46-33(25)23-38(6)34(41)12-10-19-37(4)5/h13-18,21,25-27,33,36,40H,8-12,19-20,22-24H2,1-7H3/t25-,26+,27+,33+/m1/s1. The third kappa shape index (κ3) is 11.4. The number of rotatable bonds is 12. The maximum Gasteiger partial charge on any atom is 0.261 e. The van der Waals surface area contributed by atoms with Crippen molar-refractivity contribution in [1.29, 1.82) is 0 Å². The van der Waals surface area contributed by atoms with Crippen molar-refractivity contribution in [2.75, 3.05) is 65.8 Å². The highest BCUT2D eigenvalue weighted by atomic mass is 32.2. The molecule has 2 aromatic rings. The molecule has 1 heterocycles. The third-order valence-electron chi connectivity index (χ3n) is 8.55. The summed E-state index contributed by atoms with van der Waals surface area (Å²) >= 11 is 0. The molecule has 2 amide bonds. The number of likely N-dealkylation sites (N-methyl/N-ethyl adjacent to an activating group) is 1. The Morgan fingerprint density at radius 2 is 1.83 bits per heavy atom. The van der Waals surface area contributed by atoms with Crippen LogP contribution < -0.4 is 14.2 Å². The lowest BCUT2D eigenvalue weighted by Gasteiger charge is -2.36. The minimum Gasteiger partial charge on any atom is -0.497 e. The molecule has 4 atom stereocenters. The largest absolute Gasteiger partial charge is 0.497 e. The van der Waals surface area contributed by atoms with Gasteiger partial charge >= 0.3 is 0 Å². The van der Waals surface area contributed by atoms with Gasteiger partial charge in [-0.05, 0) is 103 Å². The van der Waals surface area contributed by atoms with Gasteiger partial charge < -0.3 is 34.0 Å². The van der Waals surface area contributed by atoms with Gasteiger partial charge in [0.1, 0.15) is 11.5 Å². The van der Waals surface area contributed by atoms with Gasteiger partial charge in [-0.25, -0.2) is 8.42 Å². The molecule has 2 N–H and O–H groups in total. The molecule has 48 heavy (non-hydrogen) atoms. The van der Waals surface area contributed by atoms with E-state index in [1.807, 2.05) is 32.8 Å². The van der Waals surface area contributed by atoms with E-state index in [0.29, 0.717) is 37.5 Å². The van der Waals surface area contributed by atoms with Gasteiger partial charge in [-0.2, -0.15) is 0 Å². The van der Waals surface area contributed by atoms with E-state index in [1.165, 1.54) is 25.3 Å². The molecule has 0 saturated heterocycles. The molecule has 268 valence electrons. The van der Waals surface area contributed by atoms with Crippen LogP contribution >= 0.6 is 0 Å². The molecule has 0 bridgehead atoms. The van der Waals surface area contributed by atoms with E-state index in [4.69, 9.17) is 14.2 Å². The topological polar surface area (TPSA) is 138 Å². The number of carbonyl (C=O) groups excluding carboxylic acids is 2. The first-order valence-electron chi connectivity index (χ1n) is 16.6. The number of benzene rings is 2. The Labute approximate surface area is 286 Å². The average Bonchev–Trinajstić information content (AvgIpc) is 3.05. The molecular formula is C35H54N4O8S. The first-order chi connectivity index (χ1) is 22.7. The summed E-state index contributed by atoms with van der Waals surface area (Å²) in [5, 5.41) is 10.2. The van der Waals surface area contributed by atoms with Gasteiger partial charge in [-0.3, -0.25) is 14.3 Å². The Morgan fingerprint density at radius 3 is 2.48 bits per heavy atom. The lowest BCUT2D eigenvalue weighted by molar-refractivity contribution is -0.132. The number of carbonyl (C=O) groups is 2. The van der Waals surface area contributed by atoms with Crippen molar-refractivity contribution in [1.82, 2.24) is 14.7 Å². The smallest absolute Gasteiger partial charge is 0.261 e. The van der Waals surface area contributed by atoms with E-state index < -0.39 is 22.0 Å². The molecule has 0 aromatic heterocycles. The molecule has 12 nitrogen and oxygen atoms in total. The van der Waals surface area contributed by atoms with E-state index >= 15 is 0 Å². The number of anilines is 1. The number of nitrogens with zero attached hydrogens (tertiary/aromatic N) is 3. The highest BCUT2D eigenvalue weighted by molar-refractivity contribution is 7.92. The Hall–Kier alpha value is -3.39. The average molecular weight is 691 g/mol. The number of nitrogens with one attached hydrogen (secondary N) is 1. The van der Waals surface area contributed by atoms with Gasteiger partial charge in [-0.15, -0.1) is 0 Å². The second-order valence-corrected chi connectivity index (χ2v) is 14.7. The molecule has 0 fully saturated rings. The molecule has 0 spiro atoms. The predicted octanol–water partition coefficient (Wildman–Crippen LogP) is 4.09. The number of aliphatic hydroxyl groups excluding tert-OH is 1. The second kappa shape index (κ2) is 18.4. The van der Waals surface area contributed by atoms with Crippen molar-refractivity contribution in [2.24, 2.45) is 5.92 Å². The summed E-state index contributed by atoms with van der Waals surface area (Å²) in [7, 11) is 3.25. The molecule has 1 aliphatic heterocycles. The maximum atomic E-state index is 14.4. The van der Waals surface area contributed by atoms with Crippen molar-refractivity contribution in [3.8, 4) is 11.5 Å². The SMILES string of the molecule is COc1ccc(S(=O)(=O)Nc2ccc3c(c2)C(=O)N([C@@H](C)CO)C[C@@H](C)[C@H](CN(C)C(=O)CCCN(C)C)OCCCC[C@H](C)O3)cc1. The van der Waals surface area contributed by atoms with E-state index in [0.717, 1.165) is 25.8 Å². The summed E-state index contributed by atoms with van der Waals surface area (Å²) in [6.45, 7) is 7.29. The molecule has 0 aliphatic carbocycles. The monoisotopic (exact) mass is 690 g/mol. The van der Waals surface area contributed by atoms with Gasteiger partial charge in [0, 0.05) is 44.8 Å². The fraction of sp³-hybridized carbons (Fsp3) is 0.600. The minimum absolute atomic E-state index is 0.0354. The Balaban J connectivity index is 1.93. The van der Waals surface area contributed by atoms with Crippen molar-refractivity contribution in [3.63, 3.8) is 0 Å². The van der Waals surface area contributed by atoms with Crippen LogP contribution in [0.1, 0.15) is 63.2 Å². The summed E-state index contributed by atoms with van der Waals surface area (Å²) in [6.07, 6.45) is 2.94. The molecule has 3 rings (SSSR count). The van der Waals surface area contributed by atoms with E-state index in [1.54, 1.807) is 48.0 Å². The highest BCUT2D eigenvalue weighted by Gasteiger charge is 2.31. The first kappa shape index (κ1) is 39.1. The summed E-state index contributed by atoms with van der Waals surface area (Å²) in [5.41, 5.74) is 0.363. The predicted molar refractivity (Wildman–Crippen MR) is 186 cm³/mol. The van der Waals surface area contributed by atoms with Crippen LogP contribution in [0.5, 0.6) is 11.5 Å². The van der Waals surface area contributed by atoms with Gasteiger partial charge in [0.05, 0.1) is 42.4 Å². The number of hydrogen-bond acceptors (Lipinski definition) is 9. The number of methoxy groups -OCH3 is 1. The summed E-state index contributed by atoms with van der Waals surface area (Å²) in [5.74, 6) is 0.266. The Bertz CT molecular complexity index is 1440. The van der Waals surface area contributed by atoms with Crippen LogP contribution in [0, 0.1) is 5.92 Å². The number of sulfonamides is 1. The number of fused-ring (bicyclic) bond motifs is 1. The second-order valence-electron chi connectivity index (χ2n) is 13.0. The van der Waals surface area contributed by atoms with E-state index in [-0.39, 0.29) is 53.3 Å². The molecule has 0 saturated carbocycles. The number of hydrogen-bond donors (Lipinski definition) is 2. The normalized spacial score (nSPS) is 20.3. The van der Waals surface area contributed by atoms with Crippen LogP contribution in [0.15, 0.2) is 47.4 Å². The third-order valence-corrected chi connectivity index (χ3v) is 9.95. The lowest BCUT2D eigenvalue weighted by Crippen LogP contribution is -2.48. The van der Waals surface area contributed by atoms with Gasteiger partial charge in [0.2, 0.25) is 5.91 Å². The zero-order valence-corrected chi connectivity index (χ0v) is 30.3. The van der Waals surface area contributed by atoms with Crippen LogP contribution in [0.25, 0.3) is 0 Å². The van der Waals surface area contributed by atoms with E-state index in [2.05, 4.69) is 4.72 Å². The fourth-order valence-electron chi connectivity index (χ4n) is 5.53. The first-order valence-corrected chi connectivity index (χ1v) is 18.1. The number of ether oxygens (including phenoxy) is 3. The maximum absolute atomic E-state index is 14.4. The molecule has 0 unspecified atom stereocenters. The summed E-state index contributed by atoms with van der Waals surface area (Å²) in [6, 6.07) is 10.1. The van der Waals surface area contributed by atoms with Gasteiger partial charge in [0.15, 0.2) is 0 Å². The van der Waals surface area contributed by atoms with Gasteiger partial charge in [0.25, 0.3) is 15.9 Å². The highest BCUT2D eigenvalue weighted by Crippen LogP contribution is 2.30. The number of aliphatic hydroxyl groups is 1. The van der Waals surface area contributed by atoms with Crippen LogP contribution in [0.2, 0.25) is 0 Å². The minimum atomic E-state index is -3.98. The van der Waals surface area contributed by atoms with Crippen molar-refractivity contribution >= 4 is 27.5 Å². The van der Waals surface area contributed by atoms with Crippen LogP contribution in [-0.2, 0) is 19.6 Å². The zero-order valence-electron chi connectivity index (χ0n) is 29.5. The van der Waals surface area contributed by atoms with E-state index in [9.17, 15) is 23.1 Å². The molecular weight excluding hydrogens is 636 g/mol. The molecule has 2 aromatic carbocycles. The lowest BCUT2D eigenvalue weighted by atomic mass is 10.0. The van der Waals surface area contributed by atoms with Crippen LogP contribution in [0.3, 0.4) is 0 Å². The van der Waals surface area contributed by atoms with Crippen molar-refractivity contribution in [3.05, 3.63) is 48.0 Å². The zero-order chi connectivity index (χ0) is 35.4. The Kier molecular flexibility index (Phi) is 15.0. The number of amides is 2. The molecule has 13 heteroatoms. The Morgan fingerprint density at radius 1 is 1.12 bits per heavy atom. The summed E-state index contributed by atoms with van der Waals surface area (Å²) in [4.78, 5) is 32.7. The van der Waals surface area contributed by atoms with Crippen LogP contribution in [-0.4, -0.2) is 119 Å². The quantitative estimate of drug-likeness (QED) is 0.337. The molecule has 1 aliphatic rings. The van der Waals surface area contributed by atoms with Gasteiger partial charge in [-0.1, -0.05) is 6.92 Å². The van der Waals surface area contributed by atoms with Crippen molar-refractivity contribution in [2.45, 2.75) is 76.0 Å². The fourth-order valence-corrected chi connectivity index (χ4v) is 6.58. The summed E-state index contributed by atoms with van der Waals surface area (Å²) < 4.78 is 46.8. The van der Waals surface area contributed by atoms with Crippen molar-refractivity contribution < 1.29 is 37.3 Å². The molecule has 0 radical (unpaired) electrons. The van der Waals surface area contributed by atoms with Crippen LogP contribution in [0.4, 0.5) is 5.69 Å².